The van der Waals surface area contributed by atoms with E-state index in [0.29, 0.717) is 11.7 Å². The largest absolute Gasteiger partial charge is 0.317 e. The molecular formula is C12H22N2O. The van der Waals surface area contributed by atoms with E-state index >= 15 is 0 Å². The molecular weight excluding hydrogens is 188 g/mol. The third-order valence-corrected chi connectivity index (χ3v) is 4.00. The van der Waals surface area contributed by atoms with Crippen LogP contribution in [0.25, 0.3) is 0 Å². The molecule has 0 amide bonds. The highest BCUT2D eigenvalue weighted by Crippen LogP contribution is 2.37. The molecule has 2 rings (SSSR count). The highest BCUT2D eigenvalue weighted by atomic mass is 16.1. The third-order valence-electron chi connectivity index (χ3n) is 4.00. The van der Waals surface area contributed by atoms with Crippen molar-refractivity contribution in [2.24, 2.45) is 11.3 Å². The number of nitrogens with one attached hydrogen (secondary N) is 2. The topological polar surface area (TPSA) is 41.1 Å². The van der Waals surface area contributed by atoms with Crippen LogP contribution in [0.5, 0.6) is 0 Å². The van der Waals surface area contributed by atoms with Crippen LogP contribution in [0.3, 0.4) is 0 Å². The first-order chi connectivity index (χ1) is 7.16. The second kappa shape index (κ2) is 4.22. The summed E-state index contributed by atoms with van der Waals surface area (Å²) in [5, 5.41) is 6.72. The molecule has 0 aliphatic carbocycles. The van der Waals surface area contributed by atoms with E-state index in [0.717, 1.165) is 38.9 Å². The molecule has 2 fully saturated rings. The first kappa shape index (κ1) is 11.1. The van der Waals surface area contributed by atoms with Crippen molar-refractivity contribution in [1.29, 1.82) is 0 Å². The van der Waals surface area contributed by atoms with Gasteiger partial charge in [-0.3, -0.25) is 4.79 Å². The maximum Gasteiger partial charge on any atom is 0.156 e. The fraction of sp³-hybridized carbons (Fsp3) is 0.917. The normalized spacial score (nSPS) is 31.1. The Morgan fingerprint density at radius 3 is 2.40 bits per heavy atom. The minimum Gasteiger partial charge on any atom is -0.317 e. The Balaban J connectivity index is 2.14. The van der Waals surface area contributed by atoms with E-state index < -0.39 is 0 Å². The van der Waals surface area contributed by atoms with E-state index in [-0.39, 0.29) is 11.5 Å². The first-order valence-corrected chi connectivity index (χ1v) is 6.14. The molecule has 15 heavy (non-hydrogen) atoms. The van der Waals surface area contributed by atoms with E-state index in [1.165, 1.54) is 0 Å². The summed E-state index contributed by atoms with van der Waals surface area (Å²) in [7, 11) is 0. The SMILES string of the molecule is CC(C)C1NCCC2(CCNCC2)C1=O. The molecule has 2 aliphatic rings. The second-order valence-electron chi connectivity index (χ2n) is 5.32. The molecule has 3 heteroatoms. The van der Waals surface area contributed by atoms with Crippen molar-refractivity contribution >= 4 is 5.78 Å². The van der Waals surface area contributed by atoms with Gasteiger partial charge in [-0.15, -0.1) is 0 Å². The number of piperidine rings is 2. The lowest BCUT2D eigenvalue weighted by atomic mass is 9.67. The zero-order valence-corrected chi connectivity index (χ0v) is 9.81. The number of carbonyl (C=O) groups excluding carboxylic acids is 1. The van der Waals surface area contributed by atoms with Crippen molar-refractivity contribution < 1.29 is 4.79 Å². The van der Waals surface area contributed by atoms with Crippen LogP contribution < -0.4 is 10.6 Å². The highest BCUT2D eigenvalue weighted by molar-refractivity contribution is 5.90. The van der Waals surface area contributed by atoms with Crippen LogP contribution in [0.2, 0.25) is 0 Å². The molecule has 0 aromatic carbocycles. The fourth-order valence-electron chi connectivity index (χ4n) is 2.95. The quantitative estimate of drug-likeness (QED) is 0.677. The minimum atomic E-state index is 0.00539. The summed E-state index contributed by atoms with van der Waals surface area (Å²) in [5.41, 5.74) is 0.00539. The molecule has 1 atom stereocenters. The zero-order valence-electron chi connectivity index (χ0n) is 9.81. The van der Waals surface area contributed by atoms with Gasteiger partial charge in [0, 0.05) is 5.41 Å². The Kier molecular flexibility index (Phi) is 3.12. The van der Waals surface area contributed by atoms with Gasteiger partial charge in [0.2, 0.25) is 0 Å². The number of rotatable bonds is 1. The Labute approximate surface area is 92.0 Å². The lowest BCUT2D eigenvalue weighted by Gasteiger charge is -2.43. The molecule has 2 heterocycles. The van der Waals surface area contributed by atoms with Gasteiger partial charge in [-0.05, 0) is 44.8 Å². The molecule has 0 bridgehead atoms. The molecule has 2 saturated heterocycles. The van der Waals surface area contributed by atoms with E-state index in [9.17, 15) is 4.79 Å². The van der Waals surface area contributed by atoms with Gasteiger partial charge in [0.05, 0.1) is 6.04 Å². The van der Waals surface area contributed by atoms with Crippen LogP contribution in [0.1, 0.15) is 33.1 Å². The second-order valence-corrected chi connectivity index (χ2v) is 5.32. The van der Waals surface area contributed by atoms with Gasteiger partial charge in [-0.25, -0.2) is 0 Å². The monoisotopic (exact) mass is 210 g/mol. The lowest BCUT2D eigenvalue weighted by molar-refractivity contribution is -0.136. The van der Waals surface area contributed by atoms with Crippen LogP contribution in [0, 0.1) is 11.3 Å². The Morgan fingerprint density at radius 2 is 1.80 bits per heavy atom. The average Bonchev–Trinajstić information content (AvgIpc) is 2.23. The maximum absolute atomic E-state index is 12.5. The van der Waals surface area contributed by atoms with E-state index in [4.69, 9.17) is 0 Å². The van der Waals surface area contributed by atoms with Gasteiger partial charge in [0.1, 0.15) is 0 Å². The smallest absolute Gasteiger partial charge is 0.156 e. The van der Waals surface area contributed by atoms with Gasteiger partial charge >= 0.3 is 0 Å². The number of Topliss-reactive ketones (excluding diaryl/α,β-unsaturated/α-hetero) is 1. The van der Waals surface area contributed by atoms with Crippen molar-refractivity contribution in [2.45, 2.75) is 39.2 Å². The van der Waals surface area contributed by atoms with Crippen LogP contribution in [-0.4, -0.2) is 31.5 Å². The van der Waals surface area contributed by atoms with Crippen molar-refractivity contribution in [3.8, 4) is 0 Å². The predicted molar refractivity (Wildman–Crippen MR) is 60.8 cm³/mol. The van der Waals surface area contributed by atoms with E-state index in [2.05, 4.69) is 24.5 Å². The summed E-state index contributed by atoms with van der Waals surface area (Å²) in [5.74, 6) is 0.898. The lowest BCUT2D eigenvalue weighted by Crippen LogP contribution is -2.57. The van der Waals surface area contributed by atoms with Crippen LogP contribution >= 0.6 is 0 Å². The summed E-state index contributed by atoms with van der Waals surface area (Å²) in [6.45, 7) is 7.30. The molecule has 1 unspecified atom stereocenters. The van der Waals surface area contributed by atoms with E-state index in [1.54, 1.807) is 0 Å². The molecule has 0 aromatic heterocycles. The average molecular weight is 210 g/mol. The Morgan fingerprint density at radius 1 is 1.20 bits per heavy atom. The molecule has 3 nitrogen and oxygen atoms in total. The first-order valence-electron chi connectivity index (χ1n) is 6.14. The van der Waals surface area contributed by atoms with Gasteiger partial charge in [0.25, 0.3) is 0 Å². The zero-order chi connectivity index (χ0) is 10.9. The summed E-state index contributed by atoms with van der Waals surface area (Å²) < 4.78 is 0. The fourth-order valence-corrected chi connectivity index (χ4v) is 2.95. The van der Waals surface area contributed by atoms with Crippen molar-refractivity contribution in [3.05, 3.63) is 0 Å². The maximum atomic E-state index is 12.5. The summed E-state index contributed by atoms with van der Waals surface area (Å²) in [6, 6.07) is 0.0943. The number of ketones is 1. The van der Waals surface area contributed by atoms with Gasteiger partial charge in [-0.1, -0.05) is 13.8 Å². The molecule has 86 valence electrons. The van der Waals surface area contributed by atoms with Crippen molar-refractivity contribution in [3.63, 3.8) is 0 Å². The summed E-state index contributed by atoms with van der Waals surface area (Å²) in [4.78, 5) is 12.5. The van der Waals surface area contributed by atoms with Crippen molar-refractivity contribution in [2.75, 3.05) is 19.6 Å². The van der Waals surface area contributed by atoms with E-state index in [1.807, 2.05) is 0 Å². The highest BCUT2D eigenvalue weighted by Gasteiger charge is 2.45. The van der Waals surface area contributed by atoms with Gasteiger partial charge < -0.3 is 10.6 Å². The van der Waals surface area contributed by atoms with Gasteiger partial charge in [-0.2, -0.15) is 0 Å². The standard InChI is InChI=1S/C12H22N2O/c1-9(2)10-11(15)12(5-8-14-10)3-6-13-7-4-12/h9-10,13-14H,3-8H2,1-2H3. The molecule has 1 spiro atoms. The number of hydrogen-bond donors (Lipinski definition) is 2. The van der Waals surface area contributed by atoms with Crippen molar-refractivity contribution in [1.82, 2.24) is 10.6 Å². The van der Waals surface area contributed by atoms with Crippen LogP contribution in [0.4, 0.5) is 0 Å². The van der Waals surface area contributed by atoms with Gasteiger partial charge in [0.15, 0.2) is 5.78 Å². The third kappa shape index (κ3) is 1.95. The molecule has 2 aliphatic heterocycles. The summed E-state index contributed by atoms with van der Waals surface area (Å²) in [6.07, 6.45) is 3.12. The molecule has 2 N–H and O–H groups in total. The Hall–Kier alpha value is -0.410. The minimum absolute atomic E-state index is 0.00539. The Bertz CT molecular complexity index is 238. The number of hydrogen-bond acceptors (Lipinski definition) is 3. The molecule has 0 radical (unpaired) electrons. The summed E-state index contributed by atoms with van der Waals surface area (Å²) >= 11 is 0. The molecule has 0 aromatic rings. The molecule has 0 saturated carbocycles. The van der Waals surface area contributed by atoms with Crippen LogP contribution in [-0.2, 0) is 4.79 Å². The van der Waals surface area contributed by atoms with Crippen LogP contribution in [0.15, 0.2) is 0 Å². The number of carbonyl (C=O) groups is 1. The predicted octanol–water partition coefficient (Wildman–Crippen LogP) is 0.943.